The molecule has 6 nitrogen and oxygen atoms in total. The normalized spacial score (nSPS) is 10.9. The van der Waals surface area contributed by atoms with E-state index in [1.807, 2.05) is 31.2 Å². The van der Waals surface area contributed by atoms with Crippen LogP contribution in [0.15, 0.2) is 76.7 Å². The predicted octanol–water partition coefficient (Wildman–Crippen LogP) is 4.97. The second-order valence-electron chi connectivity index (χ2n) is 7.64. The van der Waals surface area contributed by atoms with Gasteiger partial charge in [-0.05, 0) is 60.5 Å². The molecule has 4 aromatic rings. The fourth-order valence-electron chi connectivity index (χ4n) is 3.50. The van der Waals surface area contributed by atoms with Gasteiger partial charge in [-0.25, -0.2) is 9.37 Å². The molecule has 0 aliphatic rings. The Morgan fingerprint density at radius 2 is 1.94 bits per heavy atom. The summed E-state index contributed by atoms with van der Waals surface area (Å²) in [6.07, 6.45) is 0.820. The topological polar surface area (TPSA) is 73.2 Å². The highest BCUT2D eigenvalue weighted by Crippen LogP contribution is 2.26. The van der Waals surface area contributed by atoms with Crippen LogP contribution in [0.2, 0.25) is 0 Å². The summed E-state index contributed by atoms with van der Waals surface area (Å²) in [5.74, 6) is 0.581. The third kappa shape index (κ3) is 5.12. The van der Waals surface area contributed by atoms with Gasteiger partial charge in [0.2, 0.25) is 0 Å². The van der Waals surface area contributed by atoms with Crippen LogP contribution in [-0.2, 0) is 5.75 Å². The van der Waals surface area contributed by atoms with Gasteiger partial charge in [-0.3, -0.25) is 14.2 Å². The minimum absolute atomic E-state index is 0.217. The fraction of sp³-hybridized carbons (Fsp3) is 0.192. The van der Waals surface area contributed by atoms with E-state index in [-0.39, 0.29) is 11.5 Å². The van der Waals surface area contributed by atoms with E-state index < -0.39 is 5.82 Å². The highest BCUT2D eigenvalue weighted by molar-refractivity contribution is 7.98. The number of hydrogen-bond donors (Lipinski definition) is 1. The Bertz CT molecular complexity index is 1400. The first-order valence-corrected chi connectivity index (χ1v) is 11.9. The Balaban J connectivity index is 1.80. The molecule has 0 aliphatic heterocycles. The van der Waals surface area contributed by atoms with Crippen LogP contribution >= 0.6 is 11.8 Å². The molecule has 0 spiro atoms. The number of rotatable bonds is 8. The molecule has 1 heterocycles. The molecule has 0 saturated heterocycles. The van der Waals surface area contributed by atoms with Crippen LogP contribution in [0.5, 0.6) is 5.75 Å². The maximum Gasteiger partial charge on any atom is 0.266 e. The standard InChI is InChI=1S/C26H24FN3O3S/c1-3-12-28-24(31)18-10-11-22-23(14-18)29-26(34-16-17-6-4-9-21(13-17)33-2)30(25(22)32)20-8-5-7-19(27)15-20/h4-11,13-15H,3,12,16H2,1-2H3,(H,28,31). The van der Waals surface area contributed by atoms with Crippen LogP contribution < -0.4 is 15.6 Å². The summed E-state index contributed by atoms with van der Waals surface area (Å²) in [5.41, 5.74) is 1.88. The Labute approximate surface area is 200 Å². The summed E-state index contributed by atoms with van der Waals surface area (Å²) in [5, 5.41) is 3.58. The molecule has 0 saturated carbocycles. The first-order chi connectivity index (χ1) is 16.5. The van der Waals surface area contributed by atoms with Crippen molar-refractivity contribution in [3.05, 3.63) is 94.0 Å². The van der Waals surface area contributed by atoms with Gasteiger partial charge in [0.1, 0.15) is 11.6 Å². The Morgan fingerprint density at radius 1 is 1.12 bits per heavy atom. The molecule has 0 bridgehead atoms. The summed E-state index contributed by atoms with van der Waals surface area (Å²) in [6.45, 7) is 2.54. The van der Waals surface area contributed by atoms with Crippen LogP contribution in [0.4, 0.5) is 4.39 Å². The Hall–Kier alpha value is -3.65. The maximum absolute atomic E-state index is 14.0. The zero-order chi connectivity index (χ0) is 24.1. The first kappa shape index (κ1) is 23.5. The van der Waals surface area contributed by atoms with Crippen molar-refractivity contribution in [2.45, 2.75) is 24.3 Å². The van der Waals surface area contributed by atoms with Crippen molar-refractivity contribution in [2.75, 3.05) is 13.7 Å². The Kier molecular flexibility index (Phi) is 7.27. The number of aromatic nitrogens is 2. The summed E-state index contributed by atoms with van der Waals surface area (Å²) in [7, 11) is 1.60. The third-order valence-electron chi connectivity index (χ3n) is 5.20. The van der Waals surface area contributed by atoms with Crippen LogP contribution in [-0.4, -0.2) is 29.1 Å². The number of nitrogens with zero attached hydrogens (tertiary/aromatic N) is 2. The summed E-state index contributed by atoms with van der Waals surface area (Å²) >= 11 is 1.35. The Morgan fingerprint density at radius 3 is 2.71 bits per heavy atom. The lowest BCUT2D eigenvalue weighted by Crippen LogP contribution is -2.25. The van der Waals surface area contributed by atoms with Crippen LogP contribution in [0, 0.1) is 5.82 Å². The van der Waals surface area contributed by atoms with E-state index >= 15 is 0 Å². The number of amides is 1. The molecule has 0 atom stereocenters. The van der Waals surface area contributed by atoms with Gasteiger partial charge >= 0.3 is 0 Å². The van der Waals surface area contributed by atoms with E-state index in [4.69, 9.17) is 9.72 Å². The molecule has 34 heavy (non-hydrogen) atoms. The van der Waals surface area contributed by atoms with Crippen molar-refractivity contribution in [1.82, 2.24) is 14.9 Å². The monoisotopic (exact) mass is 477 g/mol. The SMILES string of the molecule is CCCNC(=O)c1ccc2c(=O)n(-c3cccc(F)c3)c(SCc3cccc(OC)c3)nc2c1. The molecular weight excluding hydrogens is 453 g/mol. The number of thioether (sulfide) groups is 1. The molecule has 1 aromatic heterocycles. The molecule has 1 amide bonds. The highest BCUT2D eigenvalue weighted by Gasteiger charge is 2.16. The third-order valence-corrected chi connectivity index (χ3v) is 6.21. The van der Waals surface area contributed by atoms with Crippen molar-refractivity contribution in [2.24, 2.45) is 0 Å². The van der Waals surface area contributed by atoms with Crippen LogP contribution in [0.25, 0.3) is 16.6 Å². The molecule has 0 aliphatic carbocycles. The van der Waals surface area contributed by atoms with Gasteiger partial charge in [-0.1, -0.05) is 36.9 Å². The van der Waals surface area contributed by atoms with Crippen molar-refractivity contribution < 1.29 is 13.9 Å². The smallest absolute Gasteiger partial charge is 0.266 e. The van der Waals surface area contributed by atoms with E-state index in [0.29, 0.717) is 39.6 Å². The zero-order valence-electron chi connectivity index (χ0n) is 18.9. The van der Waals surface area contributed by atoms with Gasteiger partial charge in [0, 0.05) is 17.9 Å². The molecule has 0 radical (unpaired) electrons. The van der Waals surface area contributed by atoms with Gasteiger partial charge in [0.25, 0.3) is 11.5 Å². The minimum atomic E-state index is -0.448. The molecular formula is C26H24FN3O3S. The fourth-order valence-corrected chi connectivity index (χ4v) is 4.45. The number of ether oxygens (including phenoxy) is 1. The molecule has 3 aromatic carbocycles. The van der Waals surface area contributed by atoms with Crippen LogP contribution in [0.1, 0.15) is 29.3 Å². The largest absolute Gasteiger partial charge is 0.497 e. The van der Waals surface area contributed by atoms with Gasteiger partial charge in [-0.15, -0.1) is 0 Å². The van der Waals surface area contributed by atoms with E-state index in [1.165, 1.54) is 28.5 Å². The van der Waals surface area contributed by atoms with E-state index in [0.717, 1.165) is 17.7 Å². The van der Waals surface area contributed by atoms with E-state index in [2.05, 4.69) is 5.32 Å². The lowest BCUT2D eigenvalue weighted by atomic mass is 10.1. The van der Waals surface area contributed by atoms with Gasteiger partial charge in [0.05, 0.1) is 23.7 Å². The number of benzene rings is 3. The molecule has 0 fully saturated rings. The second-order valence-corrected chi connectivity index (χ2v) is 8.59. The average molecular weight is 478 g/mol. The molecule has 1 N–H and O–H groups in total. The molecule has 4 rings (SSSR count). The number of halogens is 1. The van der Waals surface area contributed by atoms with Crippen molar-refractivity contribution in [3.8, 4) is 11.4 Å². The predicted molar refractivity (Wildman–Crippen MR) is 132 cm³/mol. The number of methoxy groups -OCH3 is 1. The van der Waals surface area contributed by atoms with Crippen LogP contribution in [0.3, 0.4) is 0 Å². The summed E-state index contributed by atoms with van der Waals surface area (Å²) in [6, 6.07) is 18.3. The number of hydrogen-bond acceptors (Lipinski definition) is 5. The average Bonchev–Trinajstić information content (AvgIpc) is 2.85. The highest BCUT2D eigenvalue weighted by atomic mass is 32.2. The zero-order valence-corrected chi connectivity index (χ0v) is 19.7. The second kappa shape index (κ2) is 10.5. The van der Waals surface area contributed by atoms with Gasteiger partial charge in [0.15, 0.2) is 5.16 Å². The molecule has 0 unspecified atom stereocenters. The molecule has 8 heteroatoms. The quantitative estimate of drug-likeness (QED) is 0.287. The van der Waals surface area contributed by atoms with Gasteiger partial charge in [-0.2, -0.15) is 0 Å². The number of nitrogens with one attached hydrogen (secondary N) is 1. The maximum atomic E-state index is 14.0. The number of carbonyl (C=O) groups excluding carboxylic acids is 1. The lowest BCUT2D eigenvalue weighted by molar-refractivity contribution is 0.0953. The van der Waals surface area contributed by atoms with E-state index in [1.54, 1.807) is 37.4 Å². The number of fused-ring (bicyclic) bond motifs is 1. The lowest BCUT2D eigenvalue weighted by Gasteiger charge is -2.14. The minimum Gasteiger partial charge on any atom is -0.497 e. The van der Waals surface area contributed by atoms with Crippen molar-refractivity contribution >= 4 is 28.6 Å². The number of carbonyl (C=O) groups is 1. The summed E-state index contributed by atoms with van der Waals surface area (Å²) in [4.78, 5) is 30.6. The summed E-state index contributed by atoms with van der Waals surface area (Å²) < 4.78 is 20.7. The first-order valence-electron chi connectivity index (χ1n) is 10.9. The van der Waals surface area contributed by atoms with Gasteiger partial charge < -0.3 is 10.1 Å². The van der Waals surface area contributed by atoms with Crippen molar-refractivity contribution in [3.63, 3.8) is 0 Å². The van der Waals surface area contributed by atoms with E-state index in [9.17, 15) is 14.0 Å². The van der Waals surface area contributed by atoms with Crippen molar-refractivity contribution in [1.29, 1.82) is 0 Å². The molecule has 174 valence electrons.